The molecule has 0 bridgehead atoms. The maximum Gasteiger partial charge on any atom is 0.269 e. The number of rotatable bonds is 4. The van der Waals surface area contributed by atoms with Crippen molar-refractivity contribution in [2.24, 2.45) is 0 Å². The average molecular weight is 320 g/mol. The van der Waals surface area contributed by atoms with E-state index in [1.807, 2.05) is 74.1 Å². The molecule has 1 aromatic heterocycles. The number of carbonyl (C=O) groups excluding carboxylic acids is 1. The first-order chi connectivity index (χ1) is 11.5. The lowest BCUT2D eigenvalue weighted by molar-refractivity contribution is 0.0951. The van der Waals surface area contributed by atoms with Crippen LogP contribution < -0.4 is 10.4 Å². The highest BCUT2D eigenvalue weighted by Gasteiger charge is 2.10. The van der Waals surface area contributed by atoms with Crippen LogP contribution in [0, 0.1) is 13.8 Å². The molecule has 0 spiro atoms. The van der Waals surface area contributed by atoms with Gasteiger partial charge in [-0.15, -0.1) is 0 Å². The second kappa shape index (κ2) is 6.58. The lowest BCUT2D eigenvalue weighted by Crippen LogP contribution is -2.39. The Morgan fingerprint density at radius 2 is 1.71 bits per heavy atom. The number of hydrogen-bond donors (Lipinski definition) is 1. The first-order valence-electron chi connectivity index (χ1n) is 7.78. The number of para-hydroxylation sites is 1. The Hall–Kier alpha value is -3.08. The quantitative estimate of drug-likeness (QED) is 0.751. The van der Waals surface area contributed by atoms with Gasteiger partial charge in [-0.1, -0.05) is 18.2 Å². The van der Waals surface area contributed by atoms with Gasteiger partial charge in [0.1, 0.15) is 0 Å². The van der Waals surface area contributed by atoms with Gasteiger partial charge in [-0.3, -0.25) is 15.2 Å². The normalized spacial score (nSPS) is 10.5. The molecule has 24 heavy (non-hydrogen) atoms. The SMILES string of the molecule is Cc1cc(C)n(-c2ccc(C(=O)NN(C)c3ccccc3)cc2)n1. The fraction of sp³-hybridized carbons (Fsp3) is 0.158. The zero-order valence-corrected chi connectivity index (χ0v) is 14.0. The third-order valence-electron chi connectivity index (χ3n) is 3.80. The van der Waals surface area contributed by atoms with Gasteiger partial charge in [-0.2, -0.15) is 5.10 Å². The molecule has 0 aliphatic heterocycles. The van der Waals surface area contributed by atoms with Crippen LogP contribution in [-0.2, 0) is 0 Å². The average Bonchev–Trinajstić information content (AvgIpc) is 2.94. The van der Waals surface area contributed by atoms with Crippen LogP contribution in [0.15, 0.2) is 60.7 Å². The number of nitrogens with zero attached hydrogens (tertiary/aromatic N) is 3. The minimum atomic E-state index is -0.152. The van der Waals surface area contributed by atoms with E-state index in [-0.39, 0.29) is 5.91 Å². The van der Waals surface area contributed by atoms with Crippen molar-refractivity contribution in [3.05, 3.63) is 77.6 Å². The van der Waals surface area contributed by atoms with Gasteiger partial charge in [0.15, 0.2) is 0 Å². The molecule has 0 saturated carbocycles. The molecule has 3 rings (SSSR count). The third-order valence-corrected chi connectivity index (χ3v) is 3.80. The maximum absolute atomic E-state index is 12.4. The molecule has 0 saturated heterocycles. The molecule has 5 heteroatoms. The highest BCUT2D eigenvalue weighted by molar-refractivity contribution is 5.95. The van der Waals surface area contributed by atoms with Crippen LogP contribution >= 0.6 is 0 Å². The van der Waals surface area contributed by atoms with Crippen LogP contribution in [0.1, 0.15) is 21.7 Å². The van der Waals surface area contributed by atoms with Gasteiger partial charge < -0.3 is 0 Å². The number of carbonyl (C=O) groups is 1. The molecule has 3 aromatic rings. The monoisotopic (exact) mass is 320 g/mol. The zero-order chi connectivity index (χ0) is 17.1. The van der Waals surface area contributed by atoms with E-state index in [2.05, 4.69) is 10.5 Å². The van der Waals surface area contributed by atoms with Gasteiger partial charge in [0.25, 0.3) is 5.91 Å². The van der Waals surface area contributed by atoms with E-state index in [1.54, 1.807) is 17.1 Å². The second-order valence-electron chi connectivity index (χ2n) is 5.72. The molecule has 122 valence electrons. The van der Waals surface area contributed by atoms with E-state index in [1.165, 1.54) is 0 Å². The number of aromatic nitrogens is 2. The van der Waals surface area contributed by atoms with Gasteiger partial charge >= 0.3 is 0 Å². The van der Waals surface area contributed by atoms with E-state index < -0.39 is 0 Å². The summed E-state index contributed by atoms with van der Waals surface area (Å²) in [6.07, 6.45) is 0. The predicted molar refractivity (Wildman–Crippen MR) is 95.3 cm³/mol. The van der Waals surface area contributed by atoms with E-state index in [0.717, 1.165) is 22.8 Å². The smallest absolute Gasteiger partial charge is 0.269 e. The lowest BCUT2D eigenvalue weighted by atomic mass is 10.2. The summed E-state index contributed by atoms with van der Waals surface area (Å²) >= 11 is 0. The fourth-order valence-corrected chi connectivity index (χ4v) is 2.58. The number of aryl methyl sites for hydroxylation is 2. The molecule has 0 aliphatic carbocycles. The number of benzene rings is 2. The molecule has 2 aromatic carbocycles. The Morgan fingerprint density at radius 1 is 1.04 bits per heavy atom. The summed E-state index contributed by atoms with van der Waals surface area (Å²) in [7, 11) is 1.82. The molecule has 0 aliphatic rings. The summed E-state index contributed by atoms with van der Waals surface area (Å²) in [6.45, 7) is 3.97. The summed E-state index contributed by atoms with van der Waals surface area (Å²) in [4.78, 5) is 12.4. The Bertz CT molecular complexity index is 838. The third kappa shape index (κ3) is 3.30. The number of anilines is 1. The second-order valence-corrected chi connectivity index (χ2v) is 5.72. The molecule has 1 heterocycles. The van der Waals surface area contributed by atoms with Gasteiger partial charge in [-0.25, -0.2) is 4.68 Å². The first-order valence-corrected chi connectivity index (χ1v) is 7.78. The summed E-state index contributed by atoms with van der Waals surface area (Å²) in [5, 5.41) is 6.16. The van der Waals surface area contributed by atoms with Crippen LogP contribution in [0.4, 0.5) is 5.69 Å². The number of hydrogen-bond acceptors (Lipinski definition) is 3. The van der Waals surface area contributed by atoms with Crippen molar-refractivity contribution in [1.29, 1.82) is 0 Å². The van der Waals surface area contributed by atoms with Crippen molar-refractivity contribution >= 4 is 11.6 Å². The molecule has 0 atom stereocenters. The van der Waals surface area contributed by atoms with Gasteiger partial charge in [-0.05, 0) is 56.3 Å². The molecular weight excluding hydrogens is 300 g/mol. The predicted octanol–water partition coefficient (Wildman–Crippen LogP) is 3.27. The van der Waals surface area contributed by atoms with Gasteiger partial charge in [0.2, 0.25) is 0 Å². The standard InChI is InChI=1S/C19H20N4O/c1-14-13-15(2)23(20-14)18-11-9-16(10-12-18)19(24)21-22(3)17-7-5-4-6-8-17/h4-13H,1-3H3,(H,21,24). The largest absolute Gasteiger partial charge is 0.288 e. The van der Waals surface area contributed by atoms with Crippen LogP contribution in [0.25, 0.3) is 5.69 Å². The molecule has 0 radical (unpaired) electrons. The van der Waals surface area contributed by atoms with Crippen molar-refractivity contribution in [2.75, 3.05) is 12.1 Å². The Morgan fingerprint density at radius 3 is 2.29 bits per heavy atom. The van der Waals surface area contributed by atoms with Gasteiger partial charge in [0.05, 0.1) is 17.1 Å². The first kappa shape index (κ1) is 15.8. The minimum absolute atomic E-state index is 0.152. The summed E-state index contributed by atoms with van der Waals surface area (Å²) in [5.41, 5.74) is 7.35. The van der Waals surface area contributed by atoms with Crippen LogP contribution in [0.5, 0.6) is 0 Å². The van der Waals surface area contributed by atoms with Gasteiger partial charge in [0, 0.05) is 18.3 Å². The molecule has 5 nitrogen and oxygen atoms in total. The highest BCUT2D eigenvalue weighted by Crippen LogP contribution is 2.14. The lowest BCUT2D eigenvalue weighted by Gasteiger charge is -2.20. The van der Waals surface area contributed by atoms with Crippen LogP contribution in [0.3, 0.4) is 0 Å². The number of hydrazine groups is 1. The van der Waals surface area contributed by atoms with Crippen LogP contribution in [0.2, 0.25) is 0 Å². The maximum atomic E-state index is 12.4. The molecule has 1 N–H and O–H groups in total. The number of amides is 1. The molecular formula is C19H20N4O. The number of nitrogens with one attached hydrogen (secondary N) is 1. The van der Waals surface area contributed by atoms with E-state index in [4.69, 9.17) is 0 Å². The van der Waals surface area contributed by atoms with Crippen molar-refractivity contribution in [2.45, 2.75) is 13.8 Å². The molecule has 0 unspecified atom stereocenters. The van der Waals surface area contributed by atoms with Crippen LogP contribution in [-0.4, -0.2) is 22.7 Å². The van der Waals surface area contributed by atoms with Crippen molar-refractivity contribution in [3.8, 4) is 5.69 Å². The van der Waals surface area contributed by atoms with E-state index in [9.17, 15) is 4.79 Å². The molecule has 1 amide bonds. The molecule has 0 fully saturated rings. The van der Waals surface area contributed by atoms with Crippen molar-refractivity contribution in [1.82, 2.24) is 15.2 Å². The van der Waals surface area contributed by atoms with E-state index >= 15 is 0 Å². The Labute approximate surface area is 141 Å². The zero-order valence-electron chi connectivity index (χ0n) is 14.0. The van der Waals surface area contributed by atoms with Crippen molar-refractivity contribution < 1.29 is 4.79 Å². The Kier molecular flexibility index (Phi) is 4.33. The Balaban J connectivity index is 1.73. The highest BCUT2D eigenvalue weighted by atomic mass is 16.2. The topological polar surface area (TPSA) is 50.2 Å². The fourth-order valence-electron chi connectivity index (χ4n) is 2.58. The summed E-state index contributed by atoms with van der Waals surface area (Å²) in [6, 6.07) is 19.1. The van der Waals surface area contributed by atoms with Crippen molar-refractivity contribution in [3.63, 3.8) is 0 Å². The van der Waals surface area contributed by atoms with E-state index in [0.29, 0.717) is 5.56 Å². The summed E-state index contributed by atoms with van der Waals surface area (Å²) in [5.74, 6) is -0.152. The minimum Gasteiger partial charge on any atom is -0.288 e. The summed E-state index contributed by atoms with van der Waals surface area (Å²) < 4.78 is 1.87.